The lowest BCUT2D eigenvalue weighted by Gasteiger charge is -2.16. The second-order valence-corrected chi connectivity index (χ2v) is 7.06. The minimum Gasteiger partial charge on any atom is -0.490 e. The number of hydrogen-bond donors (Lipinski definition) is 1. The van der Waals surface area contributed by atoms with Crippen LogP contribution in [0.15, 0.2) is 40.4 Å². The van der Waals surface area contributed by atoms with E-state index in [1.54, 1.807) is 32.0 Å². The van der Waals surface area contributed by atoms with Crippen molar-refractivity contribution < 1.29 is 42.5 Å². The van der Waals surface area contributed by atoms with Crippen LogP contribution in [0.1, 0.15) is 35.7 Å². The highest BCUT2D eigenvalue weighted by molar-refractivity contribution is 6.13. The number of nitrogens with zero attached hydrogens (tertiary/aromatic N) is 1. The topological polar surface area (TPSA) is 134 Å². The highest BCUT2D eigenvalue weighted by Gasteiger charge is 2.34. The third-order valence-electron chi connectivity index (χ3n) is 4.74. The maximum Gasteiger partial charge on any atom is 0.373 e. The summed E-state index contributed by atoms with van der Waals surface area (Å²) in [7, 11) is 2.48. The predicted molar refractivity (Wildman–Crippen MR) is 117 cm³/mol. The van der Waals surface area contributed by atoms with Crippen molar-refractivity contribution in [1.29, 1.82) is 0 Å². The molecule has 1 N–H and O–H groups in total. The molecular formula is C23H24N2O9. The summed E-state index contributed by atoms with van der Waals surface area (Å²) < 4.78 is 25.8. The number of rotatable bonds is 9. The Bertz CT molecular complexity index is 1140. The minimum atomic E-state index is -0.848. The minimum absolute atomic E-state index is 0.0346. The van der Waals surface area contributed by atoms with Gasteiger partial charge < -0.3 is 28.7 Å². The zero-order valence-corrected chi connectivity index (χ0v) is 19.1. The Morgan fingerprint density at radius 3 is 2.56 bits per heavy atom. The number of carbonyl (C=O) groups is 4. The van der Waals surface area contributed by atoms with Crippen LogP contribution in [0.25, 0.3) is 6.08 Å². The molecule has 1 unspecified atom stereocenters. The van der Waals surface area contributed by atoms with E-state index in [1.807, 2.05) is 0 Å². The Labute approximate surface area is 195 Å². The molecule has 1 atom stereocenters. The molecule has 2 heterocycles. The first-order valence-corrected chi connectivity index (χ1v) is 10.3. The van der Waals surface area contributed by atoms with Crippen molar-refractivity contribution in [1.82, 2.24) is 10.2 Å². The van der Waals surface area contributed by atoms with Crippen molar-refractivity contribution in [2.45, 2.75) is 26.5 Å². The van der Waals surface area contributed by atoms with E-state index in [9.17, 15) is 19.2 Å². The van der Waals surface area contributed by atoms with Crippen LogP contribution in [0.4, 0.5) is 4.79 Å². The predicted octanol–water partition coefficient (Wildman–Crippen LogP) is 2.50. The van der Waals surface area contributed by atoms with Gasteiger partial charge in [0.05, 0.1) is 27.4 Å². The van der Waals surface area contributed by atoms with E-state index in [-0.39, 0.29) is 23.8 Å². The van der Waals surface area contributed by atoms with Gasteiger partial charge in [0.1, 0.15) is 11.5 Å². The molecule has 180 valence electrons. The number of nitrogens with one attached hydrogen (secondary N) is 1. The number of benzene rings is 1. The fraction of sp³-hybridized carbons (Fsp3) is 0.304. The molecule has 11 heteroatoms. The second kappa shape index (κ2) is 10.6. The number of hydrogen-bond acceptors (Lipinski definition) is 9. The van der Waals surface area contributed by atoms with Gasteiger partial charge in [-0.25, -0.2) is 14.4 Å². The van der Waals surface area contributed by atoms with Crippen LogP contribution in [0.5, 0.6) is 11.5 Å². The Kier molecular flexibility index (Phi) is 7.57. The molecule has 34 heavy (non-hydrogen) atoms. The standard InChI is InChI=1S/C23H24N2O9/c1-5-32-19-11-14(6-8-17(19)33-13(2)21(27)30-3)10-16-20(26)25(23(29)24-16)12-15-7-9-18(34-15)22(28)31-4/h6-11,13H,5,12H2,1-4H3,(H,24,29). The van der Waals surface area contributed by atoms with Gasteiger partial charge in [0.25, 0.3) is 5.91 Å². The maximum absolute atomic E-state index is 12.8. The van der Waals surface area contributed by atoms with Gasteiger partial charge in [-0.15, -0.1) is 0 Å². The lowest BCUT2D eigenvalue weighted by Crippen LogP contribution is -2.30. The third kappa shape index (κ3) is 5.37. The largest absolute Gasteiger partial charge is 0.490 e. The van der Waals surface area contributed by atoms with Gasteiger partial charge in [-0.2, -0.15) is 0 Å². The molecule has 3 amide bonds. The fourth-order valence-corrected chi connectivity index (χ4v) is 3.10. The van der Waals surface area contributed by atoms with Crippen molar-refractivity contribution in [3.8, 4) is 11.5 Å². The van der Waals surface area contributed by atoms with Gasteiger partial charge in [-0.3, -0.25) is 9.69 Å². The smallest absolute Gasteiger partial charge is 0.373 e. The van der Waals surface area contributed by atoms with E-state index in [0.717, 1.165) is 4.90 Å². The molecule has 0 bridgehead atoms. The van der Waals surface area contributed by atoms with Gasteiger partial charge in [-0.05, 0) is 49.8 Å². The van der Waals surface area contributed by atoms with Crippen molar-refractivity contribution in [3.63, 3.8) is 0 Å². The van der Waals surface area contributed by atoms with E-state index in [4.69, 9.17) is 13.9 Å². The number of amides is 3. The Morgan fingerprint density at radius 2 is 1.88 bits per heavy atom. The van der Waals surface area contributed by atoms with E-state index in [0.29, 0.717) is 23.7 Å². The number of imide groups is 1. The fourth-order valence-electron chi connectivity index (χ4n) is 3.10. The number of carbonyl (C=O) groups excluding carboxylic acids is 4. The number of urea groups is 1. The van der Waals surface area contributed by atoms with E-state index >= 15 is 0 Å². The molecule has 1 saturated heterocycles. The number of ether oxygens (including phenoxy) is 4. The lowest BCUT2D eigenvalue weighted by molar-refractivity contribution is -0.148. The van der Waals surface area contributed by atoms with Crippen LogP contribution >= 0.6 is 0 Å². The summed E-state index contributed by atoms with van der Waals surface area (Å²) in [5.41, 5.74) is 0.599. The molecule has 0 radical (unpaired) electrons. The molecule has 3 rings (SSSR count). The molecular weight excluding hydrogens is 448 g/mol. The highest BCUT2D eigenvalue weighted by Crippen LogP contribution is 2.31. The maximum atomic E-state index is 12.8. The monoisotopic (exact) mass is 472 g/mol. The molecule has 0 saturated carbocycles. The number of methoxy groups -OCH3 is 2. The molecule has 11 nitrogen and oxygen atoms in total. The molecule has 1 aliphatic heterocycles. The molecule has 1 aromatic carbocycles. The molecule has 1 fully saturated rings. The van der Waals surface area contributed by atoms with E-state index in [2.05, 4.69) is 14.8 Å². The molecule has 0 aliphatic carbocycles. The van der Waals surface area contributed by atoms with Crippen LogP contribution in [-0.2, 0) is 25.6 Å². The van der Waals surface area contributed by atoms with Crippen LogP contribution in [0, 0.1) is 0 Å². The summed E-state index contributed by atoms with van der Waals surface area (Å²) >= 11 is 0. The van der Waals surface area contributed by atoms with Crippen molar-refractivity contribution in [2.24, 2.45) is 0 Å². The van der Waals surface area contributed by atoms with Crippen LogP contribution in [0.3, 0.4) is 0 Å². The zero-order chi connectivity index (χ0) is 24.8. The first kappa shape index (κ1) is 24.4. The Hall–Kier alpha value is -4.28. The van der Waals surface area contributed by atoms with Gasteiger partial charge in [-0.1, -0.05) is 6.07 Å². The second-order valence-electron chi connectivity index (χ2n) is 7.06. The summed E-state index contributed by atoms with van der Waals surface area (Å²) in [6.45, 7) is 3.51. The van der Waals surface area contributed by atoms with Gasteiger partial charge in [0.15, 0.2) is 17.6 Å². The SMILES string of the molecule is CCOc1cc(C=C2NC(=O)N(Cc3ccc(C(=O)OC)o3)C2=O)ccc1OC(C)C(=O)OC. The van der Waals surface area contributed by atoms with Gasteiger partial charge in [0.2, 0.25) is 5.76 Å². The quantitative estimate of drug-likeness (QED) is 0.332. The average Bonchev–Trinajstić information content (AvgIpc) is 3.40. The van der Waals surface area contributed by atoms with Crippen molar-refractivity contribution >= 4 is 30.0 Å². The van der Waals surface area contributed by atoms with Crippen molar-refractivity contribution in [2.75, 3.05) is 20.8 Å². The normalized spacial score (nSPS) is 15.2. The molecule has 1 aliphatic rings. The first-order valence-electron chi connectivity index (χ1n) is 10.3. The van der Waals surface area contributed by atoms with Crippen LogP contribution in [-0.4, -0.2) is 55.7 Å². The molecule has 1 aromatic heterocycles. The van der Waals surface area contributed by atoms with Crippen molar-refractivity contribution in [3.05, 3.63) is 53.1 Å². The number of esters is 2. The lowest BCUT2D eigenvalue weighted by atomic mass is 10.1. The number of furan rings is 1. The van der Waals surface area contributed by atoms with E-state index in [1.165, 1.54) is 32.4 Å². The third-order valence-corrected chi connectivity index (χ3v) is 4.74. The highest BCUT2D eigenvalue weighted by atomic mass is 16.6. The van der Waals surface area contributed by atoms with Gasteiger partial charge >= 0.3 is 18.0 Å². The first-order chi connectivity index (χ1) is 16.3. The summed E-state index contributed by atoms with van der Waals surface area (Å²) in [5.74, 6) is -0.890. The molecule has 2 aromatic rings. The van der Waals surface area contributed by atoms with Gasteiger partial charge in [0, 0.05) is 0 Å². The van der Waals surface area contributed by atoms with E-state index < -0.39 is 30.0 Å². The summed E-state index contributed by atoms with van der Waals surface area (Å²) in [4.78, 5) is 49.3. The van der Waals surface area contributed by atoms with Crippen LogP contribution < -0.4 is 14.8 Å². The average molecular weight is 472 g/mol. The Balaban J connectivity index is 1.78. The molecule has 0 spiro atoms. The summed E-state index contributed by atoms with van der Waals surface area (Å²) in [6, 6.07) is 7.10. The van der Waals surface area contributed by atoms with Crippen LogP contribution in [0.2, 0.25) is 0 Å². The Morgan fingerprint density at radius 1 is 1.12 bits per heavy atom. The summed E-state index contributed by atoms with van der Waals surface area (Å²) in [6.07, 6.45) is 0.636. The zero-order valence-electron chi connectivity index (χ0n) is 19.1. The summed E-state index contributed by atoms with van der Waals surface area (Å²) in [5, 5.41) is 2.52.